The number of carbonyl (C=O) groups excluding carboxylic acids is 1. The molecule has 0 saturated carbocycles. The fourth-order valence-corrected chi connectivity index (χ4v) is 5.79. The van der Waals surface area contributed by atoms with Gasteiger partial charge in [-0.2, -0.15) is 10.2 Å². The van der Waals surface area contributed by atoms with E-state index in [2.05, 4.69) is 10.2 Å². The predicted molar refractivity (Wildman–Crippen MR) is 147 cm³/mol. The van der Waals surface area contributed by atoms with Crippen LogP contribution in [0.2, 0.25) is 0 Å². The summed E-state index contributed by atoms with van der Waals surface area (Å²) in [6.45, 7) is 4.69. The number of aliphatic hydroxyl groups excluding tert-OH is 1. The van der Waals surface area contributed by atoms with Gasteiger partial charge in [-0.25, -0.2) is 18.1 Å². The van der Waals surface area contributed by atoms with Crippen molar-refractivity contribution in [2.75, 3.05) is 6.61 Å². The van der Waals surface area contributed by atoms with Crippen molar-refractivity contribution in [3.8, 4) is 17.0 Å². The second-order valence-electron chi connectivity index (χ2n) is 10.4. The lowest BCUT2D eigenvalue weighted by atomic mass is 9.98. The van der Waals surface area contributed by atoms with Crippen LogP contribution in [0.25, 0.3) is 11.3 Å². The molecule has 234 valence electrons. The number of nitrogens with one attached hydrogen (secondary N) is 2. The molecular formula is C26H32F2N5O9P. The van der Waals surface area contributed by atoms with Gasteiger partial charge < -0.3 is 19.1 Å². The van der Waals surface area contributed by atoms with Crippen LogP contribution in [-0.4, -0.2) is 67.0 Å². The van der Waals surface area contributed by atoms with Gasteiger partial charge in [-0.05, 0) is 52.0 Å². The van der Waals surface area contributed by atoms with Gasteiger partial charge in [0.15, 0.2) is 23.5 Å². The van der Waals surface area contributed by atoms with Gasteiger partial charge in [-0.3, -0.25) is 28.3 Å². The standard InChI is InChI=1S/C26H32F2N5O9P/c1-14(2)40-23(36)15(3)31-43(38,42-19-7-6-16(12-17(19)27)18-8-10-32(5)30-18)39-13-20-22(35)26(4,28)24(41-20)33-11-9-21(34)29-25(33)37/h6-12,14-15,20,22,24,35H,13H2,1-5H3,(H,31,38)(H,29,34,37)/t15-,20+,22+,24+,26+,43?/m0/s1. The number of halogens is 2. The van der Waals surface area contributed by atoms with Gasteiger partial charge in [-0.15, -0.1) is 0 Å². The number of alkyl halides is 1. The number of benzene rings is 1. The summed E-state index contributed by atoms with van der Waals surface area (Å²) in [5, 5.41) is 17.2. The van der Waals surface area contributed by atoms with Gasteiger partial charge in [0.1, 0.15) is 18.2 Å². The summed E-state index contributed by atoms with van der Waals surface area (Å²) in [6.07, 6.45) is -2.98. The van der Waals surface area contributed by atoms with Crippen molar-refractivity contribution in [2.45, 2.75) is 63.9 Å². The summed E-state index contributed by atoms with van der Waals surface area (Å²) in [5.74, 6) is -2.27. The monoisotopic (exact) mass is 627 g/mol. The molecule has 1 aliphatic rings. The molecule has 3 aromatic rings. The number of nitrogens with zero attached hydrogens (tertiary/aromatic N) is 3. The second-order valence-corrected chi connectivity index (χ2v) is 12.1. The molecule has 1 saturated heterocycles. The van der Waals surface area contributed by atoms with E-state index < -0.39 is 79.4 Å². The van der Waals surface area contributed by atoms with E-state index in [4.69, 9.17) is 18.5 Å². The minimum absolute atomic E-state index is 0.399. The molecule has 2 aromatic heterocycles. The van der Waals surface area contributed by atoms with Gasteiger partial charge in [0.05, 0.1) is 18.4 Å². The quantitative estimate of drug-likeness (QED) is 0.210. The number of esters is 1. The summed E-state index contributed by atoms with van der Waals surface area (Å²) in [6, 6.07) is 5.10. The summed E-state index contributed by atoms with van der Waals surface area (Å²) < 4.78 is 68.4. The SMILES string of the molecule is CC(C)OC(=O)[C@H](C)NP(=O)(OC[C@H]1O[C@@H](n2ccc(=O)[nH]c2=O)[C@](C)(F)[C@@H]1O)Oc1ccc(-c2ccn(C)n2)cc1F. The molecule has 17 heteroatoms. The van der Waals surface area contributed by atoms with Crippen molar-refractivity contribution in [1.82, 2.24) is 24.4 Å². The van der Waals surface area contributed by atoms with Gasteiger partial charge in [0.25, 0.3) is 5.56 Å². The highest BCUT2D eigenvalue weighted by Crippen LogP contribution is 2.48. The third-order valence-electron chi connectivity index (χ3n) is 6.45. The Labute approximate surface area is 244 Å². The number of H-pyrrole nitrogens is 1. The fraction of sp³-hybridized carbons (Fsp3) is 0.462. The largest absolute Gasteiger partial charge is 0.462 e. The Morgan fingerprint density at radius 1 is 1.26 bits per heavy atom. The van der Waals surface area contributed by atoms with Crippen molar-refractivity contribution >= 4 is 13.7 Å². The van der Waals surface area contributed by atoms with E-state index in [0.717, 1.165) is 29.8 Å². The Balaban J connectivity index is 1.58. The summed E-state index contributed by atoms with van der Waals surface area (Å²) in [7, 11) is -2.98. The number of aryl methyl sites for hydroxylation is 1. The molecule has 0 amide bonds. The molecular weight excluding hydrogens is 595 g/mol. The van der Waals surface area contributed by atoms with Crippen molar-refractivity contribution in [1.29, 1.82) is 0 Å². The number of carbonyl (C=O) groups is 1. The van der Waals surface area contributed by atoms with Crippen LogP contribution in [-0.2, 0) is 30.4 Å². The molecule has 6 atom stereocenters. The van der Waals surface area contributed by atoms with E-state index in [0.29, 0.717) is 11.3 Å². The molecule has 1 aromatic carbocycles. The average Bonchev–Trinajstić information content (AvgIpc) is 3.44. The number of aromatic amines is 1. The highest BCUT2D eigenvalue weighted by atomic mass is 31.2. The maximum absolute atomic E-state index is 15.6. The van der Waals surface area contributed by atoms with Crippen LogP contribution in [0.4, 0.5) is 8.78 Å². The van der Waals surface area contributed by atoms with Crippen LogP contribution in [0, 0.1) is 5.82 Å². The lowest BCUT2D eigenvalue weighted by molar-refractivity contribution is -0.149. The number of aromatic nitrogens is 4. The Morgan fingerprint density at radius 3 is 2.58 bits per heavy atom. The molecule has 0 radical (unpaired) electrons. The zero-order chi connectivity index (χ0) is 31.7. The van der Waals surface area contributed by atoms with Gasteiger partial charge in [-0.1, -0.05) is 0 Å². The van der Waals surface area contributed by atoms with Crippen LogP contribution >= 0.6 is 7.75 Å². The van der Waals surface area contributed by atoms with E-state index in [-0.39, 0.29) is 0 Å². The topological polar surface area (TPSA) is 176 Å². The van der Waals surface area contributed by atoms with Gasteiger partial charge >= 0.3 is 19.4 Å². The summed E-state index contributed by atoms with van der Waals surface area (Å²) in [5.41, 5.74) is -3.43. The Morgan fingerprint density at radius 2 is 1.98 bits per heavy atom. The minimum Gasteiger partial charge on any atom is -0.462 e. The summed E-state index contributed by atoms with van der Waals surface area (Å²) >= 11 is 0. The molecule has 4 rings (SSSR count). The fourth-order valence-electron chi connectivity index (χ4n) is 4.28. The van der Waals surface area contributed by atoms with Gasteiger partial charge in [0, 0.05) is 31.1 Å². The van der Waals surface area contributed by atoms with Crippen molar-refractivity contribution in [2.24, 2.45) is 7.05 Å². The Kier molecular flexibility index (Phi) is 9.37. The normalized spacial score (nSPS) is 24.1. The smallest absolute Gasteiger partial charge is 0.459 e. The number of hydrogen-bond donors (Lipinski definition) is 3. The first-order valence-corrected chi connectivity index (χ1v) is 14.7. The Hall–Kier alpha value is -3.69. The van der Waals surface area contributed by atoms with Crippen molar-refractivity contribution < 1.29 is 41.8 Å². The molecule has 3 heterocycles. The molecule has 0 bridgehead atoms. The number of rotatable bonds is 11. The highest BCUT2D eigenvalue weighted by Gasteiger charge is 2.56. The first-order valence-electron chi connectivity index (χ1n) is 13.2. The highest BCUT2D eigenvalue weighted by molar-refractivity contribution is 7.52. The first-order chi connectivity index (χ1) is 20.1. The second kappa shape index (κ2) is 12.5. The third kappa shape index (κ3) is 7.28. The van der Waals surface area contributed by atoms with E-state index in [1.807, 2.05) is 4.98 Å². The van der Waals surface area contributed by atoms with Crippen molar-refractivity contribution in [3.63, 3.8) is 0 Å². The lowest BCUT2D eigenvalue weighted by Gasteiger charge is -2.25. The molecule has 43 heavy (non-hydrogen) atoms. The average molecular weight is 628 g/mol. The number of hydrogen-bond acceptors (Lipinski definition) is 10. The van der Waals surface area contributed by atoms with Crippen LogP contribution in [0.5, 0.6) is 5.75 Å². The van der Waals surface area contributed by atoms with E-state index in [9.17, 15) is 24.1 Å². The molecule has 0 spiro atoms. The predicted octanol–water partition coefficient (Wildman–Crippen LogP) is 2.20. The van der Waals surface area contributed by atoms with Crippen LogP contribution in [0.3, 0.4) is 0 Å². The molecule has 14 nitrogen and oxygen atoms in total. The van der Waals surface area contributed by atoms with Crippen molar-refractivity contribution in [3.05, 3.63) is 69.4 Å². The zero-order valence-electron chi connectivity index (χ0n) is 23.9. The minimum atomic E-state index is -4.67. The molecule has 1 unspecified atom stereocenters. The van der Waals surface area contributed by atoms with Crippen LogP contribution in [0.1, 0.15) is 33.9 Å². The van der Waals surface area contributed by atoms with Gasteiger partial charge in [0.2, 0.25) is 0 Å². The number of aliphatic hydroxyl groups is 1. The Bertz CT molecular complexity index is 1640. The maximum atomic E-state index is 15.6. The third-order valence-corrected chi connectivity index (χ3v) is 8.08. The molecule has 3 N–H and O–H groups in total. The molecule has 0 aliphatic carbocycles. The van der Waals surface area contributed by atoms with E-state index in [1.165, 1.54) is 23.7 Å². The van der Waals surface area contributed by atoms with E-state index in [1.54, 1.807) is 33.2 Å². The van der Waals surface area contributed by atoms with E-state index >= 15 is 8.78 Å². The lowest BCUT2D eigenvalue weighted by Crippen LogP contribution is -2.43. The zero-order valence-corrected chi connectivity index (χ0v) is 24.8. The first kappa shape index (κ1) is 32.2. The number of ether oxygens (including phenoxy) is 2. The van der Waals surface area contributed by atoms with Crippen LogP contribution in [0.15, 0.2) is 52.3 Å². The molecule has 1 aliphatic heterocycles. The van der Waals surface area contributed by atoms with Crippen LogP contribution < -0.4 is 20.9 Å². The maximum Gasteiger partial charge on any atom is 0.459 e. The summed E-state index contributed by atoms with van der Waals surface area (Å²) in [4.78, 5) is 38.1. The molecule has 1 fully saturated rings.